The number of nitrogens with zero attached hydrogens (tertiary/aromatic N) is 3. The second-order valence-electron chi connectivity index (χ2n) is 4.60. The first-order valence-electron chi connectivity index (χ1n) is 5.38. The minimum Gasteiger partial charge on any atom is -0.337 e. The van der Waals surface area contributed by atoms with Gasteiger partial charge in [0.2, 0.25) is 5.89 Å². The lowest BCUT2D eigenvalue weighted by Crippen LogP contribution is -2.31. The van der Waals surface area contributed by atoms with E-state index in [1.807, 2.05) is 0 Å². The first-order chi connectivity index (χ1) is 8.77. The van der Waals surface area contributed by atoms with E-state index in [1.165, 1.54) is 10.8 Å². The third kappa shape index (κ3) is 2.99. The Morgan fingerprint density at radius 3 is 2.79 bits per heavy atom. The molecule has 0 amide bonds. The lowest BCUT2D eigenvalue weighted by molar-refractivity contribution is 0.353. The summed E-state index contributed by atoms with van der Waals surface area (Å²) in [6.07, 6.45) is 1.36. The van der Waals surface area contributed by atoms with Crippen molar-refractivity contribution in [3.63, 3.8) is 0 Å². The number of aromatic amines is 1. The molecule has 0 spiro atoms. The van der Waals surface area contributed by atoms with E-state index in [-0.39, 0.29) is 16.9 Å². The maximum absolute atomic E-state index is 11.6. The molecule has 0 saturated carbocycles. The predicted molar refractivity (Wildman–Crippen MR) is 69.6 cm³/mol. The summed E-state index contributed by atoms with van der Waals surface area (Å²) in [6, 6.07) is 0. The first kappa shape index (κ1) is 13.7. The van der Waals surface area contributed by atoms with Crippen molar-refractivity contribution in [3.8, 4) is 0 Å². The number of nitrogens with two attached hydrogens (primary N) is 1. The smallest absolute Gasteiger partial charge is 0.328 e. The summed E-state index contributed by atoms with van der Waals surface area (Å²) in [4.78, 5) is 29.0. The highest BCUT2D eigenvalue weighted by molar-refractivity contribution is 9.10. The first-order valence-corrected chi connectivity index (χ1v) is 6.18. The average molecular weight is 330 g/mol. The van der Waals surface area contributed by atoms with Gasteiger partial charge in [-0.3, -0.25) is 14.3 Å². The van der Waals surface area contributed by atoms with Crippen LogP contribution in [0.3, 0.4) is 0 Å². The number of nitrogens with one attached hydrogen (secondary N) is 1. The van der Waals surface area contributed by atoms with Gasteiger partial charge in [-0.25, -0.2) is 4.79 Å². The summed E-state index contributed by atoms with van der Waals surface area (Å²) in [6.45, 7) is 3.53. The molecule has 0 atom stereocenters. The quantitative estimate of drug-likeness (QED) is 0.812. The van der Waals surface area contributed by atoms with Gasteiger partial charge < -0.3 is 10.3 Å². The van der Waals surface area contributed by atoms with E-state index in [0.29, 0.717) is 5.82 Å². The van der Waals surface area contributed by atoms with Crippen molar-refractivity contribution in [2.45, 2.75) is 25.9 Å². The molecule has 2 rings (SSSR count). The number of hydrogen-bond donors (Lipinski definition) is 2. The maximum atomic E-state index is 11.6. The number of hydrogen-bond acceptors (Lipinski definition) is 6. The van der Waals surface area contributed by atoms with Crippen molar-refractivity contribution in [3.05, 3.63) is 43.2 Å². The Bertz CT molecular complexity index is 709. The topological polar surface area (TPSA) is 120 Å². The fraction of sp³-hybridized carbons (Fsp3) is 0.400. The number of H-pyrrole nitrogens is 1. The molecular formula is C10H12BrN5O3. The normalized spacial score (nSPS) is 11.8. The van der Waals surface area contributed by atoms with Crippen LogP contribution in [-0.4, -0.2) is 19.7 Å². The van der Waals surface area contributed by atoms with Crippen molar-refractivity contribution < 1.29 is 4.52 Å². The molecule has 0 unspecified atom stereocenters. The fourth-order valence-electron chi connectivity index (χ4n) is 1.33. The van der Waals surface area contributed by atoms with Crippen LogP contribution in [0.15, 0.2) is 24.8 Å². The molecule has 0 aliphatic heterocycles. The van der Waals surface area contributed by atoms with Crippen molar-refractivity contribution >= 4 is 15.9 Å². The summed E-state index contributed by atoms with van der Waals surface area (Å²) in [5, 5.41) is 3.74. The standard InChI is InChI=1S/C10H12BrN5O3/c1-10(2,12)8-13-6(19-15-8)4-16-3-5(11)7(17)14-9(16)18/h3H,4,12H2,1-2H3,(H,14,17,18). The van der Waals surface area contributed by atoms with Crippen molar-refractivity contribution in [1.82, 2.24) is 19.7 Å². The zero-order valence-electron chi connectivity index (χ0n) is 10.3. The van der Waals surface area contributed by atoms with Crippen LogP contribution in [0.4, 0.5) is 0 Å². The molecule has 102 valence electrons. The fourth-order valence-corrected chi connectivity index (χ4v) is 1.67. The van der Waals surface area contributed by atoms with Gasteiger partial charge in [0, 0.05) is 6.20 Å². The van der Waals surface area contributed by atoms with Gasteiger partial charge in [0.15, 0.2) is 5.82 Å². The van der Waals surface area contributed by atoms with Gasteiger partial charge >= 0.3 is 5.69 Å². The third-order valence-electron chi connectivity index (χ3n) is 2.32. The van der Waals surface area contributed by atoms with Gasteiger partial charge in [0.25, 0.3) is 5.56 Å². The van der Waals surface area contributed by atoms with E-state index in [0.717, 1.165) is 0 Å². The highest BCUT2D eigenvalue weighted by Gasteiger charge is 2.21. The molecule has 0 saturated heterocycles. The maximum Gasteiger partial charge on any atom is 0.328 e. The third-order valence-corrected chi connectivity index (χ3v) is 2.88. The summed E-state index contributed by atoms with van der Waals surface area (Å²) in [5.74, 6) is 0.577. The molecule has 0 radical (unpaired) electrons. The molecule has 2 heterocycles. The molecule has 2 aromatic heterocycles. The lowest BCUT2D eigenvalue weighted by Gasteiger charge is -2.11. The molecule has 0 bridgehead atoms. The highest BCUT2D eigenvalue weighted by atomic mass is 79.9. The Morgan fingerprint density at radius 1 is 1.53 bits per heavy atom. The van der Waals surface area contributed by atoms with Gasteiger partial charge in [-0.1, -0.05) is 5.16 Å². The Labute approximate surface area is 115 Å². The second kappa shape index (κ2) is 4.74. The van der Waals surface area contributed by atoms with Crippen LogP contribution in [0.25, 0.3) is 0 Å². The molecule has 0 aliphatic carbocycles. The summed E-state index contributed by atoms with van der Waals surface area (Å²) >= 11 is 3.04. The largest absolute Gasteiger partial charge is 0.337 e. The van der Waals surface area contributed by atoms with Crippen LogP contribution in [-0.2, 0) is 12.1 Å². The summed E-state index contributed by atoms with van der Waals surface area (Å²) in [5.41, 5.74) is 4.06. The minimum atomic E-state index is -0.724. The zero-order chi connectivity index (χ0) is 14.2. The monoisotopic (exact) mass is 329 g/mol. The molecule has 8 nitrogen and oxygen atoms in total. The molecular weight excluding hydrogens is 318 g/mol. The minimum absolute atomic E-state index is 0.0529. The zero-order valence-corrected chi connectivity index (χ0v) is 11.9. The van der Waals surface area contributed by atoms with Gasteiger partial charge in [-0.2, -0.15) is 4.98 Å². The molecule has 9 heteroatoms. The van der Waals surface area contributed by atoms with E-state index < -0.39 is 16.8 Å². The van der Waals surface area contributed by atoms with Crippen LogP contribution < -0.4 is 17.0 Å². The average Bonchev–Trinajstić information content (AvgIpc) is 2.74. The number of halogens is 1. The van der Waals surface area contributed by atoms with E-state index in [9.17, 15) is 9.59 Å². The summed E-state index contributed by atoms with van der Waals surface area (Å²) < 4.78 is 6.50. The van der Waals surface area contributed by atoms with Gasteiger partial charge in [0.1, 0.15) is 6.54 Å². The van der Waals surface area contributed by atoms with E-state index >= 15 is 0 Å². The van der Waals surface area contributed by atoms with Gasteiger partial charge in [-0.15, -0.1) is 0 Å². The lowest BCUT2D eigenvalue weighted by atomic mass is 10.1. The summed E-state index contributed by atoms with van der Waals surface area (Å²) in [7, 11) is 0. The molecule has 0 fully saturated rings. The highest BCUT2D eigenvalue weighted by Crippen LogP contribution is 2.12. The Kier molecular flexibility index (Phi) is 3.42. The second-order valence-corrected chi connectivity index (χ2v) is 5.45. The predicted octanol–water partition coefficient (Wildman–Crippen LogP) is -0.0758. The molecule has 2 aromatic rings. The van der Waals surface area contributed by atoms with E-state index in [2.05, 4.69) is 31.1 Å². The molecule has 0 aromatic carbocycles. The Morgan fingerprint density at radius 2 is 2.21 bits per heavy atom. The molecule has 3 N–H and O–H groups in total. The molecule has 0 aliphatic rings. The number of rotatable bonds is 3. The van der Waals surface area contributed by atoms with Crippen LogP contribution in [0.5, 0.6) is 0 Å². The van der Waals surface area contributed by atoms with E-state index in [1.54, 1.807) is 13.8 Å². The van der Waals surface area contributed by atoms with Gasteiger partial charge in [-0.05, 0) is 29.8 Å². The van der Waals surface area contributed by atoms with Crippen LogP contribution in [0, 0.1) is 0 Å². The van der Waals surface area contributed by atoms with Crippen LogP contribution in [0.2, 0.25) is 0 Å². The van der Waals surface area contributed by atoms with Crippen LogP contribution >= 0.6 is 15.9 Å². The number of aromatic nitrogens is 4. The van der Waals surface area contributed by atoms with E-state index in [4.69, 9.17) is 10.3 Å². The SMILES string of the molecule is CC(C)(N)c1noc(Cn2cc(Br)c(=O)[nH]c2=O)n1. The van der Waals surface area contributed by atoms with Crippen LogP contribution in [0.1, 0.15) is 25.6 Å². The Hall–Kier alpha value is -1.74. The van der Waals surface area contributed by atoms with Gasteiger partial charge in [0.05, 0.1) is 10.0 Å². The Balaban J connectivity index is 2.32. The van der Waals surface area contributed by atoms with Crippen molar-refractivity contribution in [2.24, 2.45) is 5.73 Å². The van der Waals surface area contributed by atoms with Crippen molar-refractivity contribution in [1.29, 1.82) is 0 Å². The van der Waals surface area contributed by atoms with Crippen molar-refractivity contribution in [2.75, 3.05) is 0 Å². The molecule has 19 heavy (non-hydrogen) atoms.